The van der Waals surface area contributed by atoms with Gasteiger partial charge in [0.25, 0.3) is 0 Å². The Morgan fingerprint density at radius 2 is 2.05 bits per heavy atom. The van der Waals surface area contributed by atoms with Gasteiger partial charge in [-0.3, -0.25) is 0 Å². The summed E-state index contributed by atoms with van der Waals surface area (Å²) in [7, 11) is 0. The standard InChI is InChI=1S/C16H27F2N3/c1-3-9-19-14(13-5-7-16(17,18)8-6-13)15-20-10-12-21(15)11-4-2/h10,12-14,19H,3-9,11H2,1-2H3. The highest BCUT2D eigenvalue weighted by Crippen LogP contribution is 2.41. The van der Waals surface area contributed by atoms with Gasteiger partial charge in [0.05, 0.1) is 6.04 Å². The van der Waals surface area contributed by atoms with Crippen LogP contribution in [-0.4, -0.2) is 22.0 Å². The SMILES string of the molecule is CCCNC(c1nccn1CCC)C1CCC(F)(F)CC1. The summed E-state index contributed by atoms with van der Waals surface area (Å²) in [6.45, 7) is 6.09. The zero-order valence-electron chi connectivity index (χ0n) is 13.1. The van der Waals surface area contributed by atoms with Crippen LogP contribution in [0.4, 0.5) is 8.78 Å². The second-order valence-electron chi connectivity index (χ2n) is 6.10. The lowest BCUT2D eigenvalue weighted by molar-refractivity contribution is -0.0502. The third-order valence-corrected chi connectivity index (χ3v) is 4.34. The van der Waals surface area contributed by atoms with Gasteiger partial charge < -0.3 is 9.88 Å². The van der Waals surface area contributed by atoms with Gasteiger partial charge in [0, 0.05) is 31.8 Å². The maximum absolute atomic E-state index is 13.4. The van der Waals surface area contributed by atoms with Crippen LogP contribution in [0.5, 0.6) is 0 Å². The minimum absolute atomic E-state index is 0.0104. The molecule has 1 unspecified atom stereocenters. The molecular formula is C16H27F2N3. The van der Waals surface area contributed by atoms with E-state index in [1.54, 1.807) is 0 Å². The Hall–Kier alpha value is -0.970. The minimum Gasteiger partial charge on any atom is -0.334 e. The Kier molecular flexibility index (Phi) is 5.73. The smallest absolute Gasteiger partial charge is 0.248 e. The molecule has 1 N–H and O–H groups in total. The molecule has 0 radical (unpaired) electrons. The molecule has 0 aromatic carbocycles. The number of alkyl halides is 2. The van der Waals surface area contributed by atoms with Gasteiger partial charge >= 0.3 is 0 Å². The predicted octanol–water partition coefficient (Wildman–Crippen LogP) is 4.16. The molecule has 1 fully saturated rings. The summed E-state index contributed by atoms with van der Waals surface area (Å²) in [5.41, 5.74) is 0. The van der Waals surface area contributed by atoms with E-state index < -0.39 is 5.92 Å². The second-order valence-corrected chi connectivity index (χ2v) is 6.10. The number of aromatic nitrogens is 2. The van der Waals surface area contributed by atoms with E-state index in [2.05, 4.69) is 28.7 Å². The molecule has 0 amide bonds. The molecule has 120 valence electrons. The number of nitrogens with zero attached hydrogens (tertiary/aromatic N) is 2. The number of hydrogen-bond donors (Lipinski definition) is 1. The summed E-state index contributed by atoms with van der Waals surface area (Å²) in [6.07, 6.45) is 7.08. The molecule has 0 aliphatic heterocycles. The molecule has 0 spiro atoms. The molecule has 1 aromatic heterocycles. The number of halogens is 2. The first-order valence-corrected chi connectivity index (χ1v) is 8.19. The second kappa shape index (κ2) is 7.34. The summed E-state index contributed by atoms with van der Waals surface area (Å²) in [5.74, 6) is -1.19. The van der Waals surface area contributed by atoms with E-state index in [4.69, 9.17) is 0 Å². The van der Waals surface area contributed by atoms with Crippen LogP contribution in [0.15, 0.2) is 12.4 Å². The summed E-state index contributed by atoms with van der Waals surface area (Å²) < 4.78 is 29.0. The first kappa shape index (κ1) is 16.4. The molecule has 1 aliphatic carbocycles. The van der Waals surface area contributed by atoms with E-state index >= 15 is 0 Å². The number of nitrogens with one attached hydrogen (secondary N) is 1. The average molecular weight is 299 g/mol. The van der Waals surface area contributed by atoms with Crippen LogP contribution in [0.1, 0.15) is 64.2 Å². The van der Waals surface area contributed by atoms with Gasteiger partial charge in [-0.25, -0.2) is 13.8 Å². The van der Waals surface area contributed by atoms with Gasteiger partial charge in [-0.05, 0) is 38.1 Å². The molecule has 0 saturated heterocycles. The van der Waals surface area contributed by atoms with Crippen molar-refractivity contribution < 1.29 is 8.78 Å². The van der Waals surface area contributed by atoms with Crippen LogP contribution in [0.3, 0.4) is 0 Å². The Labute approximate surface area is 126 Å². The number of hydrogen-bond acceptors (Lipinski definition) is 2. The van der Waals surface area contributed by atoms with Crippen LogP contribution in [0.2, 0.25) is 0 Å². The molecule has 1 aliphatic rings. The highest BCUT2D eigenvalue weighted by Gasteiger charge is 2.38. The molecule has 1 atom stereocenters. The zero-order chi connectivity index (χ0) is 15.3. The number of rotatable bonds is 7. The number of imidazole rings is 1. The number of aryl methyl sites for hydroxylation is 1. The van der Waals surface area contributed by atoms with E-state index in [0.29, 0.717) is 12.8 Å². The fraction of sp³-hybridized carbons (Fsp3) is 0.812. The fourth-order valence-corrected chi connectivity index (χ4v) is 3.19. The van der Waals surface area contributed by atoms with Crippen molar-refractivity contribution in [3.05, 3.63) is 18.2 Å². The van der Waals surface area contributed by atoms with Crippen molar-refractivity contribution in [2.75, 3.05) is 6.54 Å². The summed E-state index contributed by atoms with van der Waals surface area (Å²) in [4.78, 5) is 4.51. The Morgan fingerprint density at radius 1 is 1.33 bits per heavy atom. The summed E-state index contributed by atoms with van der Waals surface area (Å²) in [6, 6.07) is 0.0996. The third kappa shape index (κ3) is 4.25. The monoisotopic (exact) mass is 299 g/mol. The molecule has 0 bridgehead atoms. The van der Waals surface area contributed by atoms with Crippen molar-refractivity contribution in [2.45, 2.75) is 70.9 Å². The van der Waals surface area contributed by atoms with Crippen molar-refractivity contribution in [2.24, 2.45) is 5.92 Å². The van der Waals surface area contributed by atoms with E-state index in [-0.39, 0.29) is 24.8 Å². The van der Waals surface area contributed by atoms with E-state index in [1.165, 1.54) is 0 Å². The quantitative estimate of drug-likeness (QED) is 0.819. The topological polar surface area (TPSA) is 29.9 Å². The fourth-order valence-electron chi connectivity index (χ4n) is 3.19. The molecule has 1 saturated carbocycles. The van der Waals surface area contributed by atoms with Crippen molar-refractivity contribution >= 4 is 0 Å². The minimum atomic E-state index is -2.47. The zero-order valence-corrected chi connectivity index (χ0v) is 13.1. The normalized spacial score (nSPS) is 20.6. The maximum atomic E-state index is 13.4. The van der Waals surface area contributed by atoms with Crippen LogP contribution >= 0.6 is 0 Å². The van der Waals surface area contributed by atoms with Crippen LogP contribution in [-0.2, 0) is 6.54 Å². The molecule has 5 heteroatoms. The molecule has 1 aromatic rings. The highest BCUT2D eigenvalue weighted by molar-refractivity contribution is 5.03. The Morgan fingerprint density at radius 3 is 2.67 bits per heavy atom. The van der Waals surface area contributed by atoms with E-state index in [1.807, 2.05) is 12.4 Å². The Balaban J connectivity index is 2.12. The molecule has 21 heavy (non-hydrogen) atoms. The van der Waals surface area contributed by atoms with Gasteiger partial charge in [0.2, 0.25) is 5.92 Å². The van der Waals surface area contributed by atoms with Gasteiger partial charge in [-0.2, -0.15) is 0 Å². The van der Waals surface area contributed by atoms with Crippen molar-refractivity contribution in [1.82, 2.24) is 14.9 Å². The maximum Gasteiger partial charge on any atom is 0.248 e. The van der Waals surface area contributed by atoms with Crippen molar-refractivity contribution in [1.29, 1.82) is 0 Å². The van der Waals surface area contributed by atoms with Gasteiger partial charge in [0.1, 0.15) is 5.82 Å². The first-order chi connectivity index (χ1) is 10.1. The van der Waals surface area contributed by atoms with Crippen LogP contribution < -0.4 is 5.32 Å². The molecular weight excluding hydrogens is 272 g/mol. The lowest BCUT2D eigenvalue weighted by Crippen LogP contribution is -2.36. The highest BCUT2D eigenvalue weighted by atomic mass is 19.3. The summed E-state index contributed by atoms with van der Waals surface area (Å²) in [5, 5.41) is 3.54. The largest absolute Gasteiger partial charge is 0.334 e. The third-order valence-electron chi connectivity index (χ3n) is 4.34. The molecule has 1 heterocycles. The van der Waals surface area contributed by atoms with Crippen molar-refractivity contribution in [3.63, 3.8) is 0 Å². The van der Waals surface area contributed by atoms with Gasteiger partial charge in [0.15, 0.2) is 0 Å². The lowest BCUT2D eigenvalue weighted by Gasteiger charge is -2.34. The lowest BCUT2D eigenvalue weighted by atomic mass is 9.81. The Bertz CT molecular complexity index is 421. The van der Waals surface area contributed by atoms with E-state index in [0.717, 1.165) is 31.8 Å². The average Bonchev–Trinajstić information content (AvgIpc) is 2.89. The predicted molar refractivity (Wildman–Crippen MR) is 80.5 cm³/mol. The van der Waals surface area contributed by atoms with Gasteiger partial charge in [-0.1, -0.05) is 13.8 Å². The summed E-state index contributed by atoms with van der Waals surface area (Å²) >= 11 is 0. The van der Waals surface area contributed by atoms with E-state index in [9.17, 15) is 8.78 Å². The first-order valence-electron chi connectivity index (χ1n) is 8.19. The van der Waals surface area contributed by atoms with Crippen molar-refractivity contribution in [3.8, 4) is 0 Å². The van der Waals surface area contributed by atoms with Crippen LogP contribution in [0, 0.1) is 5.92 Å². The van der Waals surface area contributed by atoms with Gasteiger partial charge in [-0.15, -0.1) is 0 Å². The molecule has 2 rings (SSSR count). The molecule has 3 nitrogen and oxygen atoms in total. The van der Waals surface area contributed by atoms with Crippen LogP contribution in [0.25, 0.3) is 0 Å².